The summed E-state index contributed by atoms with van der Waals surface area (Å²) in [6.45, 7) is 9.20. The molecule has 0 amide bonds. The largest absolute Gasteiger partial charge is 0.463 e. The van der Waals surface area contributed by atoms with Crippen LogP contribution in [0.4, 0.5) is 0 Å². The van der Waals surface area contributed by atoms with Crippen molar-refractivity contribution in [3.05, 3.63) is 109 Å². The highest BCUT2D eigenvalue weighted by atomic mass is 16.7. The van der Waals surface area contributed by atoms with Crippen LogP contribution in [-0.2, 0) is 28.5 Å². The molecule has 0 aromatic rings. The minimum absolute atomic E-state index is 0.144. The fourth-order valence-electron chi connectivity index (χ4n) is 8.59. The molecule has 0 radical (unpaired) electrons. The lowest BCUT2D eigenvalue weighted by atomic mass is 10.1. The average molecular weight is 1020 g/mol. The van der Waals surface area contributed by atoms with Gasteiger partial charge in [-0.05, 0) is 130 Å². The van der Waals surface area contributed by atoms with Gasteiger partial charge in [0.15, 0.2) is 6.29 Å². The van der Waals surface area contributed by atoms with Crippen LogP contribution in [0, 0.1) is 0 Å². The zero-order valence-electron chi connectivity index (χ0n) is 48.0. The summed E-state index contributed by atoms with van der Waals surface area (Å²) in [5, 5.41) is 0. The maximum absolute atomic E-state index is 12.8. The predicted octanol–water partition coefficient (Wildman–Crippen LogP) is 18.5. The lowest BCUT2D eigenvalue weighted by Gasteiger charge is -2.25. The number of esters is 1. The second-order valence-electron chi connectivity index (χ2n) is 20.1. The van der Waals surface area contributed by atoms with Crippen LogP contribution >= 0.6 is 0 Å². The normalized spacial score (nSPS) is 17.9. The van der Waals surface area contributed by atoms with Gasteiger partial charge in [-0.1, -0.05) is 220 Å². The van der Waals surface area contributed by atoms with Gasteiger partial charge in [0.25, 0.3) is 0 Å². The summed E-state index contributed by atoms with van der Waals surface area (Å²) in [6.07, 6.45) is 76.6. The number of rotatable bonds is 52. The molecule has 0 aliphatic carbocycles. The molecule has 0 saturated carbocycles. The van der Waals surface area contributed by atoms with Crippen LogP contribution in [0.3, 0.4) is 0 Å². The highest BCUT2D eigenvalue weighted by Crippen LogP contribution is 2.29. The minimum Gasteiger partial charge on any atom is -0.463 e. The molecule has 4 atom stereocenters. The van der Waals surface area contributed by atoms with Gasteiger partial charge in [0.2, 0.25) is 0 Å². The predicted molar refractivity (Wildman–Crippen MR) is 315 cm³/mol. The first-order valence-electron chi connectivity index (χ1n) is 30.2. The van der Waals surface area contributed by atoms with Gasteiger partial charge >= 0.3 is 5.97 Å². The van der Waals surface area contributed by atoms with Crippen LogP contribution in [0.15, 0.2) is 109 Å². The Labute approximate surface area is 451 Å². The van der Waals surface area contributed by atoms with E-state index in [0.29, 0.717) is 32.8 Å². The number of nitrogens with zero attached hydrogens (tertiary/aromatic N) is 1. The van der Waals surface area contributed by atoms with Crippen molar-refractivity contribution in [2.75, 3.05) is 47.1 Å². The van der Waals surface area contributed by atoms with Gasteiger partial charge in [0.05, 0.1) is 6.42 Å². The molecule has 73 heavy (non-hydrogen) atoms. The maximum atomic E-state index is 12.8. The monoisotopic (exact) mass is 1020 g/mol. The Kier molecular flexibility index (Phi) is 51.3. The maximum Gasteiger partial charge on any atom is 0.307 e. The minimum atomic E-state index is -0.544. The van der Waals surface area contributed by atoms with Gasteiger partial charge in [-0.2, -0.15) is 0 Å². The first-order chi connectivity index (χ1) is 36.0. The zero-order chi connectivity index (χ0) is 52.6. The van der Waals surface area contributed by atoms with Crippen molar-refractivity contribution < 1.29 is 28.5 Å². The van der Waals surface area contributed by atoms with Gasteiger partial charge in [-0.25, -0.2) is 0 Å². The number of carbonyl (C=O) groups is 1. The van der Waals surface area contributed by atoms with Crippen LogP contribution in [0.2, 0.25) is 0 Å². The Morgan fingerprint density at radius 1 is 0.397 bits per heavy atom. The molecule has 1 rings (SSSR count). The first-order valence-corrected chi connectivity index (χ1v) is 30.2. The average Bonchev–Trinajstić information content (AvgIpc) is 3.72. The van der Waals surface area contributed by atoms with Gasteiger partial charge in [-0.3, -0.25) is 4.79 Å². The highest BCUT2D eigenvalue weighted by molar-refractivity contribution is 5.69. The molecule has 7 nitrogen and oxygen atoms in total. The fraction of sp³-hybridized carbons (Fsp3) is 0.712. The van der Waals surface area contributed by atoms with Gasteiger partial charge in [0, 0.05) is 26.4 Å². The van der Waals surface area contributed by atoms with E-state index in [0.717, 1.165) is 103 Å². The van der Waals surface area contributed by atoms with Crippen LogP contribution in [0.1, 0.15) is 233 Å². The number of carbonyl (C=O) groups excluding carboxylic acids is 1. The van der Waals surface area contributed by atoms with E-state index in [1.165, 1.54) is 103 Å². The van der Waals surface area contributed by atoms with Crippen molar-refractivity contribution in [2.45, 2.75) is 257 Å². The van der Waals surface area contributed by atoms with Gasteiger partial charge in [0.1, 0.15) is 24.9 Å². The van der Waals surface area contributed by atoms with Crippen LogP contribution in [0.25, 0.3) is 0 Å². The summed E-state index contributed by atoms with van der Waals surface area (Å²) in [5.41, 5.74) is 0. The van der Waals surface area contributed by atoms with Crippen LogP contribution in [-0.4, -0.2) is 82.5 Å². The Balaban J connectivity index is 2.65. The second-order valence-corrected chi connectivity index (χ2v) is 20.1. The van der Waals surface area contributed by atoms with Crippen molar-refractivity contribution in [2.24, 2.45) is 0 Å². The van der Waals surface area contributed by atoms with E-state index in [4.69, 9.17) is 23.7 Å². The van der Waals surface area contributed by atoms with Crippen molar-refractivity contribution in [1.82, 2.24) is 4.90 Å². The summed E-state index contributed by atoms with van der Waals surface area (Å²) in [6, 6.07) is 0. The topological polar surface area (TPSA) is 66.5 Å². The smallest absolute Gasteiger partial charge is 0.307 e. The number of hydrogen-bond donors (Lipinski definition) is 0. The first kappa shape index (κ1) is 67.9. The molecule has 418 valence electrons. The van der Waals surface area contributed by atoms with E-state index in [2.05, 4.69) is 130 Å². The quantitative estimate of drug-likeness (QED) is 0.0342. The highest BCUT2D eigenvalue weighted by Gasteiger charge is 2.47. The molecule has 1 aliphatic rings. The van der Waals surface area contributed by atoms with E-state index in [9.17, 15) is 4.79 Å². The summed E-state index contributed by atoms with van der Waals surface area (Å²) < 4.78 is 32.2. The van der Waals surface area contributed by atoms with Crippen molar-refractivity contribution in [3.63, 3.8) is 0 Å². The zero-order valence-corrected chi connectivity index (χ0v) is 48.0. The summed E-state index contributed by atoms with van der Waals surface area (Å²) in [7, 11) is 3.94. The Morgan fingerprint density at radius 2 is 0.712 bits per heavy atom. The van der Waals surface area contributed by atoms with Crippen molar-refractivity contribution in [3.8, 4) is 0 Å². The number of ether oxygens (including phenoxy) is 5. The SMILES string of the molecule is CC/C=C\C/C=C\C/C=C\CCCCCCCCCO[C@@H]1O[C@H](COC(=O)CCN(C)C)[C@H](OCCCCCCCCC/C=C\C/C=C\C/C=C\CC)C1OCCCCCCCC/C=C\C/C=C\C/C=C\CC. The number of hydrogen-bond acceptors (Lipinski definition) is 7. The Hall–Kier alpha value is -3.07. The Bertz CT molecular complexity index is 1470. The van der Waals surface area contributed by atoms with Crippen molar-refractivity contribution in [1.29, 1.82) is 0 Å². The molecule has 0 aromatic heterocycles. The molecule has 0 spiro atoms. The third-order valence-corrected chi connectivity index (χ3v) is 13.0. The molecule has 0 bridgehead atoms. The molecule has 1 unspecified atom stereocenters. The third-order valence-electron chi connectivity index (χ3n) is 13.0. The molecular formula is C66H113NO6. The van der Waals surface area contributed by atoms with E-state index < -0.39 is 12.4 Å². The molecule has 0 N–H and O–H groups in total. The van der Waals surface area contributed by atoms with E-state index in [1.807, 2.05) is 19.0 Å². The molecule has 1 fully saturated rings. The molecule has 0 aromatic carbocycles. The lowest BCUT2D eigenvalue weighted by Crippen LogP contribution is -2.40. The molecule has 7 heteroatoms. The number of unbranched alkanes of at least 4 members (excludes halogenated alkanes) is 20. The van der Waals surface area contributed by atoms with E-state index in [1.54, 1.807) is 0 Å². The van der Waals surface area contributed by atoms with Crippen LogP contribution < -0.4 is 0 Å². The van der Waals surface area contributed by atoms with Gasteiger partial charge in [-0.15, -0.1) is 0 Å². The van der Waals surface area contributed by atoms with Gasteiger partial charge < -0.3 is 28.6 Å². The van der Waals surface area contributed by atoms with Crippen molar-refractivity contribution >= 4 is 5.97 Å². The lowest BCUT2D eigenvalue weighted by molar-refractivity contribution is -0.184. The summed E-state index contributed by atoms with van der Waals surface area (Å²) >= 11 is 0. The van der Waals surface area contributed by atoms with Crippen LogP contribution in [0.5, 0.6) is 0 Å². The third kappa shape index (κ3) is 46.0. The fourth-order valence-corrected chi connectivity index (χ4v) is 8.59. The summed E-state index contributed by atoms with van der Waals surface area (Å²) in [5.74, 6) is -0.216. The standard InChI is InChI=1S/C66H113NO6/c1-6-9-12-15-18-21-24-27-30-33-36-38-41-44-47-50-53-58-69-64-62(61-72-63(68)56-57-67(4)5)73-66(71-60-55-52-49-46-43-40-37-34-31-28-25-22-19-16-13-10-7-2)65(64)70-59-54-51-48-45-42-39-35-32-29-26-23-20-17-14-11-8-3/h9-14,18-23,27-32,62,64-66H,6-8,15-17,24-26,33-61H2,1-5H3/b12-9-,13-10-,14-11-,21-18-,22-19-,23-20-,30-27-,31-28-,32-29-/t62-,64+,65?,66-/m1/s1. The molecule has 1 aliphatic heterocycles. The van der Waals surface area contributed by atoms with E-state index >= 15 is 0 Å². The second kappa shape index (κ2) is 55.2. The number of allylic oxidation sites excluding steroid dienone is 18. The molecular weight excluding hydrogens is 903 g/mol. The molecule has 1 heterocycles. The Morgan fingerprint density at radius 3 is 1.08 bits per heavy atom. The van der Waals surface area contributed by atoms with E-state index in [-0.39, 0.29) is 24.8 Å². The molecule has 1 saturated heterocycles. The summed E-state index contributed by atoms with van der Waals surface area (Å²) in [4.78, 5) is 14.8.